The van der Waals surface area contributed by atoms with E-state index in [4.69, 9.17) is 5.14 Å². The van der Waals surface area contributed by atoms with E-state index in [1.165, 1.54) is 37.0 Å². The Morgan fingerprint density at radius 2 is 1.68 bits per heavy atom. The van der Waals surface area contributed by atoms with Gasteiger partial charge in [0.25, 0.3) is 10.0 Å². The number of primary sulfonamides is 1. The van der Waals surface area contributed by atoms with Gasteiger partial charge < -0.3 is 0 Å². The number of carbonyl (C=O) groups excluding carboxylic acids is 1. The van der Waals surface area contributed by atoms with Crippen LogP contribution in [0.25, 0.3) is 37.3 Å². The molecular weight excluding hydrogens is 572 g/mol. The zero-order chi connectivity index (χ0) is 26.3. The smallest absolute Gasteiger partial charge is 0.267 e. The van der Waals surface area contributed by atoms with Gasteiger partial charge in [-0.1, -0.05) is 93.5 Å². The molecule has 0 aliphatic rings. The third-order valence-corrected chi connectivity index (χ3v) is 8.73. The molecule has 0 fully saturated rings. The zero-order valence-electron chi connectivity index (χ0n) is 20.1. The second kappa shape index (κ2) is 9.94. The number of aromatic nitrogens is 3. The molecular formula is C27H23BrN4O3S2. The van der Waals surface area contributed by atoms with E-state index in [2.05, 4.69) is 68.5 Å². The van der Waals surface area contributed by atoms with Gasteiger partial charge in [0.05, 0.1) is 17.2 Å². The fourth-order valence-electron chi connectivity index (χ4n) is 4.30. The summed E-state index contributed by atoms with van der Waals surface area (Å²) in [6, 6.07) is 18.8. The van der Waals surface area contributed by atoms with Gasteiger partial charge in [-0.15, -0.1) is 5.10 Å². The highest BCUT2D eigenvalue weighted by Crippen LogP contribution is 2.36. The van der Waals surface area contributed by atoms with Crippen LogP contribution < -0.4 is 5.14 Å². The normalized spacial score (nSPS) is 11.8. The van der Waals surface area contributed by atoms with Gasteiger partial charge in [-0.25, -0.2) is 23.1 Å². The molecule has 0 aliphatic heterocycles. The lowest BCUT2D eigenvalue weighted by Crippen LogP contribution is -2.12. The molecule has 0 saturated heterocycles. The van der Waals surface area contributed by atoms with Crippen molar-refractivity contribution in [1.82, 2.24) is 14.6 Å². The molecule has 6 aromatic rings. The first-order valence-corrected chi connectivity index (χ1v) is 14.9. The third kappa shape index (κ3) is 5.02. The van der Waals surface area contributed by atoms with Crippen LogP contribution >= 0.6 is 27.3 Å². The van der Waals surface area contributed by atoms with Crippen molar-refractivity contribution in [2.45, 2.75) is 24.6 Å². The van der Waals surface area contributed by atoms with Gasteiger partial charge >= 0.3 is 0 Å². The van der Waals surface area contributed by atoms with E-state index >= 15 is 0 Å². The highest BCUT2D eigenvalue weighted by Gasteiger charge is 2.16. The zero-order valence-corrected chi connectivity index (χ0v) is 23.3. The molecule has 0 aliphatic carbocycles. The van der Waals surface area contributed by atoms with E-state index in [1.807, 2.05) is 32.1 Å². The molecule has 0 saturated carbocycles. The molecule has 0 bridgehead atoms. The number of fused-ring (bicyclic) bond motifs is 1. The summed E-state index contributed by atoms with van der Waals surface area (Å²) in [7, 11) is -3.74. The summed E-state index contributed by atoms with van der Waals surface area (Å²) >= 11 is 4.24. The number of imidazole rings is 1. The van der Waals surface area contributed by atoms with E-state index in [9.17, 15) is 13.2 Å². The fourth-order valence-corrected chi connectivity index (χ4v) is 6.13. The first-order chi connectivity index (χ1) is 17.7. The number of rotatable bonds is 5. The first-order valence-electron chi connectivity index (χ1n) is 11.4. The molecule has 2 heterocycles. The van der Waals surface area contributed by atoms with Gasteiger partial charge in [-0.3, -0.25) is 4.79 Å². The number of benzene rings is 4. The van der Waals surface area contributed by atoms with Crippen LogP contribution in [0.4, 0.5) is 0 Å². The highest BCUT2D eigenvalue weighted by atomic mass is 79.9. The van der Waals surface area contributed by atoms with Crippen molar-refractivity contribution in [2.24, 2.45) is 5.14 Å². The molecule has 4 aromatic carbocycles. The number of Topliss-reactive ketones (excluding diaryl/α,β-unsaturated/α-hetero) is 1. The van der Waals surface area contributed by atoms with Crippen molar-refractivity contribution in [3.8, 4) is 0 Å². The number of alkyl halides is 1. The minimum absolute atomic E-state index is 0.117. The van der Waals surface area contributed by atoms with Crippen LogP contribution in [0, 0.1) is 0 Å². The Hall–Kier alpha value is -3.18. The van der Waals surface area contributed by atoms with E-state index in [0.29, 0.717) is 16.7 Å². The van der Waals surface area contributed by atoms with Crippen LogP contribution in [-0.4, -0.2) is 34.1 Å². The van der Waals surface area contributed by atoms with Crippen LogP contribution in [0.5, 0.6) is 0 Å². The van der Waals surface area contributed by atoms with E-state index in [0.717, 1.165) is 28.0 Å². The number of nitrogens with two attached hydrogens (primary N) is 1. The summed E-state index contributed by atoms with van der Waals surface area (Å²) in [5.74, 6) is 0.128. The maximum absolute atomic E-state index is 12.1. The second-order valence-electron chi connectivity index (χ2n) is 8.88. The Labute approximate surface area is 226 Å². The minimum Gasteiger partial charge on any atom is -0.293 e. The van der Waals surface area contributed by atoms with Gasteiger partial charge in [0, 0.05) is 12.0 Å². The number of allylic oxidation sites excluding steroid dienone is 2. The maximum Gasteiger partial charge on any atom is 0.267 e. The molecule has 0 radical (unpaired) electrons. The van der Waals surface area contributed by atoms with Gasteiger partial charge in [0.15, 0.2) is 5.78 Å². The van der Waals surface area contributed by atoms with Crippen molar-refractivity contribution in [1.29, 1.82) is 0 Å². The average Bonchev–Trinajstić information content (AvgIpc) is 3.45. The molecule has 2 N–H and O–H groups in total. The second-order valence-corrected chi connectivity index (χ2v) is 12.1. The lowest BCUT2D eigenvalue weighted by atomic mass is 9.91. The lowest BCUT2D eigenvalue weighted by molar-refractivity contribution is 0.102. The molecule has 0 atom stereocenters. The fraction of sp³-hybridized carbons (Fsp3) is 0.148. The van der Waals surface area contributed by atoms with Crippen LogP contribution in [0.3, 0.4) is 0 Å². The average molecular weight is 596 g/mol. The van der Waals surface area contributed by atoms with Gasteiger partial charge in [0.2, 0.25) is 9.30 Å². The summed E-state index contributed by atoms with van der Waals surface area (Å²) < 4.78 is 23.5. The quantitative estimate of drug-likeness (QED) is 0.112. The minimum atomic E-state index is -3.74. The summed E-state index contributed by atoms with van der Waals surface area (Å²) in [6.07, 6.45) is 4.47. The maximum atomic E-state index is 12.1. The van der Waals surface area contributed by atoms with E-state index in [1.54, 1.807) is 6.20 Å². The molecule has 0 unspecified atom stereocenters. The van der Waals surface area contributed by atoms with E-state index < -0.39 is 10.0 Å². The summed E-state index contributed by atoms with van der Waals surface area (Å²) in [5.41, 5.74) is 2.86. The van der Waals surface area contributed by atoms with Crippen molar-refractivity contribution in [3.05, 3.63) is 83.7 Å². The first kappa shape index (κ1) is 25.5. The monoisotopic (exact) mass is 594 g/mol. The molecule has 10 heteroatoms. The molecule has 7 nitrogen and oxygen atoms in total. The van der Waals surface area contributed by atoms with Crippen LogP contribution in [0.15, 0.2) is 76.8 Å². The number of hydrogen-bond acceptors (Lipinski definition) is 6. The Kier molecular flexibility index (Phi) is 6.84. The SMILES string of the molecule is CC(C)=CCc1cn2nc(S(N)(=O)=O)sc2n1.O=C(CBr)c1ccc2ccc3cccc4ccc1c2c34. The van der Waals surface area contributed by atoms with Crippen molar-refractivity contribution >= 4 is 80.4 Å². The Morgan fingerprint density at radius 1 is 1.03 bits per heavy atom. The Morgan fingerprint density at radius 3 is 2.30 bits per heavy atom. The Bertz CT molecular complexity index is 1870. The number of nitrogens with zero attached hydrogens (tertiary/aromatic N) is 3. The van der Waals surface area contributed by atoms with Crippen LogP contribution in [0.1, 0.15) is 29.9 Å². The van der Waals surface area contributed by atoms with Gasteiger partial charge in [0.1, 0.15) is 0 Å². The molecule has 6 rings (SSSR count). The number of halogens is 1. The lowest BCUT2D eigenvalue weighted by Gasteiger charge is -2.12. The Balaban J connectivity index is 0.000000154. The van der Waals surface area contributed by atoms with Crippen LogP contribution in [-0.2, 0) is 16.4 Å². The molecule has 0 spiro atoms. The predicted octanol–water partition coefficient (Wildman–Crippen LogP) is 6.11. The standard InChI is InChI=1S/C18H11BrO.C9H12N4O2S2/c19-10-16(20)14-8-6-13-5-4-11-2-1-3-12-7-9-15(14)18(13)17(11)12;1-6(2)3-4-7-5-13-8(11-7)16-9(12-13)17(10,14)15/h1-9H,10H2;3,5H,4H2,1-2H3,(H2,10,14,15). The van der Waals surface area contributed by atoms with E-state index in [-0.39, 0.29) is 10.1 Å². The molecule has 2 aromatic heterocycles. The number of carbonyl (C=O) groups is 1. The summed E-state index contributed by atoms with van der Waals surface area (Å²) in [6.45, 7) is 4.02. The van der Waals surface area contributed by atoms with Crippen molar-refractivity contribution in [2.75, 3.05) is 5.33 Å². The largest absolute Gasteiger partial charge is 0.293 e. The summed E-state index contributed by atoms with van der Waals surface area (Å²) in [4.78, 5) is 16.9. The topological polar surface area (TPSA) is 107 Å². The number of ketones is 1. The predicted molar refractivity (Wildman–Crippen MR) is 154 cm³/mol. The van der Waals surface area contributed by atoms with Gasteiger partial charge in [-0.2, -0.15) is 0 Å². The molecule has 0 amide bonds. The van der Waals surface area contributed by atoms with Crippen molar-refractivity contribution in [3.63, 3.8) is 0 Å². The third-order valence-electron chi connectivity index (χ3n) is 5.99. The number of hydrogen-bond donors (Lipinski definition) is 1. The van der Waals surface area contributed by atoms with Gasteiger partial charge in [-0.05, 0) is 46.2 Å². The number of sulfonamides is 1. The van der Waals surface area contributed by atoms with Crippen LogP contribution in [0.2, 0.25) is 0 Å². The summed E-state index contributed by atoms with van der Waals surface area (Å²) in [5, 5.41) is 16.4. The highest BCUT2D eigenvalue weighted by molar-refractivity contribution is 9.09. The molecule has 188 valence electrons. The molecule has 37 heavy (non-hydrogen) atoms. The van der Waals surface area contributed by atoms with Crippen molar-refractivity contribution < 1.29 is 13.2 Å².